The van der Waals surface area contributed by atoms with E-state index in [-0.39, 0.29) is 0 Å². The van der Waals surface area contributed by atoms with Gasteiger partial charge in [-0.2, -0.15) is 0 Å². The molecule has 3 nitrogen and oxygen atoms in total. The Hall–Kier alpha value is -1.25. The number of hydrogen-bond donors (Lipinski definition) is 2. The van der Waals surface area contributed by atoms with E-state index in [9.17, 15) is 0 Å². The van der Waals surface area contributed by atoms with Crippen molar-refractivity contribution in [2.24, 2.45) is 5.92 Å². The molecule has 0 aliphatic rings. The minimum Gasteiger partial charge on any atom is -0.370 e. The molecule has 0 amide bonds. The van der Waals surface area contributed by atoms with Crippen LogP contribution < -0.4 is 10.6 Å². The van der Waals surface area contributed by atoms with Crippen LogP contribution in [0.2, 0.25) is 0 Å². The Bertz CT molecular complexity index is 336. The Morgan fingerprint density at radius 2 is 1.83 bits per heavy atom. The highest BCUT2D eigenvalue weighted by atomic mass is 15.1. The molecule has 3 heteroatoms. The van der Waals surface area contributed by atoms with E-state index < -0.39 is 0 Å². The number of rotatable bonds is 8. The van der Waals surface area contributed by atoms with Crippen molar-refractivity contribution in [3.63, 3.8) is 0 Å². The molecule has 1 rings (SSSR count). The molecule has 1 aromatic heterocycles. The predicted octanol–water partition coefficient (Wildman–Crippen LogP) is 4.14. The van der Waals surface area contributed by atoms with E-state index in [1.807, 2.05) is 18.2 Å². The van der Waals surface area contributed by atoms with Crippen molar-refractivity contribution in [3.8, 4) is 0 Å². The highest BCUT2D eigenvalue weighted by molar-refractivity contribution is 5.45. The smallest absolute Gasteiger partial charge is 0.128 e. The monoisotopic (exact) mass is 249 g/mol. The Morgan fingerprint density at radius 1 is 1.11 bits per heavy atom. The van der Waals surface area contributed by atoms with Crippen LogP contribution in [0.3, 0.4) is 0 Å². The summed E-state index contributed by atoms with van der Waals surface area (Å²) >= 11 is 0. The first kappa shape index (κ1) is 14.8. The molecule has 1 atom stereocenters. The lowest BCUT2D eigenvalue weighted by Gasteiger charge is -2.16. The van der Waals surface area contributed by atoms with Crippen LogP contribution >= 0.6 is 0 Å². The average molecular weight is 249 g/mol. The van der Waals surface area contributed by atoms with Crippen LogP contribution in [0.15, 0.2) is 18.2 Å². The van der Waals surface area contributed by atoms with Gasteiger partial charge in [-0.3, -0.25) is 0 Å². The van der Waals surface area contributed by atoms with Crippen LogP contribution in [0.4, 0.5) is 11.6 Å². The van der Waals surface area contributed by atoms with Gasteiger partial charge in [0.25, 0.3) is 0 Å². The van der Waals surface area contributed by atoms with Crippen LogP contribution in [-0.2, 0) is 0 Å². The maximum absolute atomic E-state index is 4.56. The zero-order valence-electron chi connectivity index (χ0n) is 12.2. The molecule has 0 spiro atoms. The fourth-order valence-electron chi connectivity index (χ4n) is 1.77. The summed E-state index contributed by atoms with van der Waals surface area (Å²) in [5.41, 5.74) is 0. The van der Waals surface area contributed by atoms with Gasteiger partial charge in [0.1, 0.15) is 11.6 Å². The summed E-state index contributed by atoms with van der Waals surface area (Å²) < 4.78 is 0. The molecule has 102 valence electrons. The van der Waals surface area contributed by atoms with Gasteiger partial charge in [-0.05, 0) is 44.2 Å². The number of nitrogens with one attached hydrogen (secondary N) is 2. The Kier molecular flexibility index (Phi) is 6.55. The number of pyridine rings is 1. The van der Waals surface area contributed by atoms with E-state index >= 15 is 0 Å². The fraction of sp³-hybridized carbons (Fsp3) is 0.667. The van der Waals surface area contributed by atoms with Gasteiger partial charge in [0.2, 0.25) is 0 Å². The van der Waals surface area contributed by atoms with Gasteiger partial charge in [-0.15, -0.1) is 0 Å². The summed E-state index contributed by atoms with van der Waals surface area (Å²) in [6.07, 6.45) is 3.55. The molecule has 0 aliphatic carbocycles. The maximum atomic E-state index is 4.56. The van der Waals surface area contributed by atoms with E-state index in [4.69, 9.17) is 0 Å². The number of nitrogens with zero attached hydrogens (tertiary/aromatic N) is 1. The minimum atomic E-state index is 0.473. The second-order valence-corrected chi connectivity index (χ2v) is 5.35. The fourth-order valence-corrected chi connectivity index (χ4v) is 1.77. The van der Waals surface area contributed by atoms with Gasteiger partial charge in [-0.1, -0.05) is 26.8 Å². The quantitative estimate of drug-likeness (QED) is 0.727. The number of aromatic nitrogens is 1. The summed E-state index contributed by atoms with van der Waals surface area (Å²) in [4.78, 5) is 4.56. The summed E-state index contributed by atoms with van der Waals surface area (Å²) in [6.45, 7) is 9.87. The van der Waals surface area contributed by atoms with E-state index in [1.165, 1.54) is 12.8 Å². The lowest BCUT2D eigenvalue weighted by Crippen LogP contribution is -2.17. The first-order valence-electron chi connectivity index (χ1n) is 7.09. The third kappa shape index (κ3) is 5.89. The van der Waals surface area contributed by atoms with Gasteiger partial charge in [0.05, 0.1) is 0 Å². The maximum Gasteiger partial charge on any atom is 0.128 e. The van der Waals surface area contributed by atoms with Crippen LogP contribution in [-0.4, -0.2) is 17.6 Å². The zero-order valence-corrected chi connectivity index (χ0v) is 12.2. The molecule has 0 saturated heterocycles. The standard InChI is InChI=1S/C15H27N3/c1-5-11-16-14-7-6-8-15(18-14)17-13(4)10-9-12(2)3/h6-8,12-13H,5,9-11H2,1-4H3,(H2,16,17,18). The molecule has 0 aromatic carbocycles. The van der Waals surface area contributed by atoms with Gasteiger partial charge >= 0.3 is 0 Å². The molecule has 1 unspecified atom stereocenters. The molecular formula is C15H27N3. The van der Waals surface area contributed by atoms with Crippen molar-refractivity contribution in [1.82, 2.24) is 4.98 Å². The van der Waals surface area contributed by atoms with Crippen molar-refractivity contribution in [3.05, 3.63) is 18.2 Å². The molecule has 2 N–H and O–H groups in total. The van der Waals surface area contributed by atoms with Crippen molar-refractivity contribution in [2.45, 2.75) is 53.0 Å². The molecule has 18 heavy (non-hydrogen) atoms. The lowest BCUT2D eigenvalue weighted by atomic mass is 10.0. The molecule has 1 aromatic rings. The average Bonchev–Trinajstić information content (AvgIpc) is 2.34. The van der Waals surface area contributed by atoms with E-state index in [2.05, 4.69) is 43.3 Å². The molecular weight excluding hydrogens is 222 g/mol. The van der Waals surface area contributed by atoms with Crippen molar-refractivity contribution in [2.75, 3.05) is 17.2 Å². The van der Waals surface area contributed by atoms with Crippen LogP contribution in [0, 0.1) is 5.92 Å². The van der Waals surface area contributed by atoms with Crippen LogP contribution in [0.25, 0.3) is 0 Å². The number of hydrogen-bond acceptors (Lipinski definition) is 3. The van der Waals surface area contributed by atoms with E-state index in [0.717, 1.165) is 30.5 Å². The normalized spacial score (nSPS) is 12.5. The van der Waals surface area contributed by atoms with Gasteiger partial charge in [0.15, 0.2) is 0 Å². The second-order valence-electron chi connectivity index (χ2n) is 5.35. The molecule has 1 heterocycles. The summed E-state index contributed by atoms with van der Waals surface area (Å²) in [7, 11) is 0. The minimum absolute atomic E-state index is 0.473. The highest BCUT2D eigenvalue weighted by Gasteiger charge is 2.05. The molecule has 0 saturated carbocycles. The molecule has 0 bridgehead atoms. The third-order valence-corrected chi connectivity index (χ3v) is 2.88. The highest BCUT2D eigenvalue weighted by Crippen LogP contribution is 2.13. The van der Waals surface area contributed by atoms with Gasteiger partial charge < -0.3 is 10.6 Å². The zero-order chi connectivity index (χ0) is 13.4. The Morgan fingerprint density at radius 3 is 2.50 bits per heavy atom. The van der Waals surface area contributed by atoms with Crippen molar-refractivity contribution < 1.29 is 0 Å². The van der Waals surface area contributed by atoms with E-state index in [0.29, 0.717) is 6.04 Å². The second kappa shape index (κ2) is 7.96. The topological polar surface area (TPSA) is 37.0 Å². The summed E-state index contributed by atoms with van der Waals surface area (Å²) in [5, 5.41) is 6.77. The van der Waals surface area contributed by atoms with Gasteiger partial charge in [-0.25, -0.2) is 4.98 Å². The first-order valence-corrected chi connectivity index (χ1v) is 7.09. The SMILES string of the molecule is CCCNc1cccc(NC(C)CCC(C)C)n1. The lowest BCUT2D eigenvalue weighted by molar-refractivity contribution is 0.527. The Balaban J connectivity index is 2.45. The van der Waals surface area contributed by atoms with Crippen molar-refractivity contribution >= 4 is 11.6 Å². The van der Waals surface area contributed by atoms with Gasteiger partial charge in [0, 0.05) is 12.6 Å². The number of anilines is 2. The van der Waals surface area contributed by atoms with Crippen LogP contribution in [0.5, 0.6) is 0 Å². The Labute approximate surface area is 111 Å². The largest absolute Gasteiger partial charge is 0.370 e. The van der Waals surface area contributed by atoms with E-state index in [1.54, 1.807) is 0 Å². The van der Waals surface area contributed by atoms with Crippen molar-refractivity contribution in [1.29, 1.82) is 0 Å². The molecule has 0 radical (unpaired) electrons. The first-order chi connectivity index (χ1) is 8.61. The molecule has 0 fully saturated rings. The summed E-state index contributed by atoms with van der Waals surface area (Å²) in [5.74, 6) is 2.69. The third-order valence-electron chi connectivity index (χ3n) is 2.88. The summed E-state index contributed by atoms with van der Waals surface area (Å²) in [6, 6.07) is 6.56. The van der Waals surface area contributed by atoms with Crippen LogP contribution in [0.1, 0.15) is 47.0 Å². The predicted molar refractivity (Wildman–Crippen MR) is 80.2 cm³/mol. The molecule has 0 aliphatic heterocycles.